The number of rotatable bonds is 8. The molecule has 6 rings (SSSR count). The molecule has 9 nitrogen and oxygen atoms in total. The molecule has 46 heavy (non-hydrogen) atoms. The number of amides is 1. The summed E-state index contributed by atoms with van der Waals surface area (Å²) in [4.78, 5) is 28.6. The van der Waals surface area contributed by atoms with E-state index in [-0.39, 0.29) is 46.0 Å². The van der Waals surface area contributed by atoms with Crippen LogP contribution in [0.4, 0.5) is 15.0 Å². The highest BCUT2D eigenvalue weighted by atomic mass is 35.5. The summed E-state index contributed by atoms with van der Waals surface area (Å²) in [6.45, 7) is 7.91. The highest BCUT2D eigenvalue weighted by Gasteiger charge is 2.45. The fraction of sp³-hybridized carbons (Fsp3) is 0.457. The summed E-state index contributed by atoms with van der Waals surface area (Å²) in [7, 11) is 4.05. The summed E-state index contributed by atoms with van der Waals surface area (Å²) in [6, 6.07) is 12.3. The molecule has 0 saturated carbocycles. The first-order valence-electron chi connectivity index (χ1n) is 15.9. The summed E-state index contributed by atoms with van der Waals surface area (Å²) in [5, 5.41) is 12.7. The number of halogens is 2. The molecule has 4 aromatic rings. The molecule has 2 atom stereocenters. The standard InChI is InChI=1S/C35H41ClFN5O4/c1-35(2,3)46-34(44)42-22-12-13-23(42)20-41(19-22)32-27-18-28(36)29(26-17-24(43)16-21-10-6-7-11-25(21)26)30(37)31(27)38-33(39-32)45-15-9-8-14-40(4)5/h6-7,10-11,16-18,22-23,43H,8-9,12-15,19-20H2,1-5H3. The summed E-state index contributed by atoms with van der Waals surface area (Å²) in [5.41, 5.74) is 0.109. The predicted octanol–water partition coefficient (Wildman–Crippen LogP) is 7.26. The molecule has 0 aliphatic carbocycles. The topological polar surface area (TPSA) is 91.3 Å². The summed E-state index contributed by atoms with van der Waals surface area (Å²) in [6.07, 6.45) is 3.08. The average molecular weight is 650 g/mol. The van der Waals surface area contributed by atoms with Crippen molar-refractivity contribution in [3.05, 3.63) is 53.3 Å². The van der Waals surface area contributed by atoms with E-state index >= 15 is 4.39 Å². The maximum atomic E-state index is 16.8. The minimum absolute atomic E-state index is 0.00715. The molecule has 1 N–H and O–H groups in total. The highest BCUT2D eigenvalue weighted by molar-refractivity contribution is 6.35. The Morgan fingerprint density at radius 3 is 2.48 bits per heavy atom. The van der Waals surface area contributed by atoms with E-state index in [1.54, 1.807) is 12.1 Å². The van der Waals surface area contributed by atoms with E-state index in [9.17, 15) is 9.90 Å². The first-order chi connectivity index (χ1) is 21.9. The first kappa shape index (κ1) is 32.1. The lowest BCUT2D eigenvalue weighted by atomic mass is 9.96. The molecule has 3 heterocycles. The Morgan fingerprint density at radius 1 is 1.07 bits per heavy atom. The van der Waals surface area contributed by atoms with Gasteiger partial charge in [-0.1, -0.05) is 35.9 Å². The number of carbonyl (C=O) groups excluding carboxylic acids is 1. The van der Waals surface area contributed by atoms with Gasteiger partial charge in [-0.25, -0.2) is 9.18 Å². The van der Waals surface area contributed by atoms with Crippen LogP contribution < -0.4 is 9.64 Å². The third-order valence-corrected chi connectivity index (χ3v) is 8.87. The number of carbonyl (C=O) groups is 1. The van der Waals surface area contributed by atoms with Gasteiger partial charge in [0.2, 0.25) is 0 Å². The molecule has 2 unspecified atom stereocenters. The minimum Gasteiger partial charge on any atom is -0.508 e. The van der Waals surface area contributed by atoms with Crippen LogP contribution in [-0.4, -0.2) is 89.0 Å². The molecule has 2 bridgehead atoms. The van der Waals surface area contributed by atoms with Gasteiger partial charge in [0.25, 0.3) is 0 Å². The van der Waals surface area contributed by atoms with Crippen molar-refractivity contribution in [1.82, 2.24) is 19.8 Å². The zero-order valence-electron chi connectivity index (χ0n) is 27.0. The monoisotopic (exact) mass is 649 g/mol. The lowest BCUT2D eigenvalue weighted by Gasteiger charge is -2.42. The van der Waals surface area contributed by atoms with Gasteiger partial charge in [-0.05, 0) is 102 Å². The molecular formula is C35H41ClFN5O4. The van der Waals surface area contributed by atoms with E-state index in [1.165, 1.54) is 6.07 Å². The Balaban J connectivity index is 1.42. The number of unbranched alkanes of at least 4 members (excludes halogenated alkanes) is 1. The van der Waals surface area contributed by atoms with Crippen LogP contribution in [-0.2, 0) is 4.74 Å². The maximum absolute atomic E-state index is 16.8. The smallest absolute Gasteiger partial charge is 0.410 e. The van der Waals surface area contributed by atoms with Crippen LogP contribution >= 0.6 is 11.6 Å². The second-order valence-electron chi connectivity index (χ2n) is 13.5. The normalized spacial score (nSPS) is 18.2. The molecule has 1 amide bonds. The van der Waals surface area contributed by atoms with Crippen LogP contribution in [0.15, 0.2) is 42.5 Å². The molecule has 2 aliphatic heterocycles. The zero-order valence-corrected chi connectivity index (χ0v) is 27.8. The average Bonchev–Trinajstić information content (AvgIpc) is 3.25. The van der Waals surface area contributed by atoms with Gasteiger partial charge in [-0.3, -0.25) is 4.90 Å². The van der Waals surface area contributed by atoms with Crippen LogP contribution in [0, 0.1) is 5.82 Å². The van der Waals surface area contributed by atoms with Gasteiger partial charge in [0, 0.05) is 24.0 Å². The Bertz CT molecular complexity index is 1760. The third-order valence-electron chi connectivity index (χ3n) is 8.58. The number of nitrogens with zero attached hydrogens (tertiary/aromatic N) is 5. The number of phenols is 1. The number of hydrogen-bond donors (Lipinski definition) is 1. The van der Waals surface area contributed by atoms with Crippen molar-refractivity contribution in [1.29, 1.82) is 0 Å². The molecule has 244 valence electrons. The van der Waals surface area contributed by atoms with Gasteiger partial charge >= 0.3 is 12.1 Å². The van der Waals surface area contributed by atoms with Gasteiger partial charge < -0.3 is 24.4 Å². The van der Waals surface area contributed by atoms with Crippen molar-refractivity contribution in [2.45, 2.75) is 64.1 Å². The van der Waals surface area contributed by atoms with Crippen molar-refractivity contribution in [2.75, 3.05) is 45.2 Å². The van der Waals surface area contributed by atoms with Gasteiger partial charge in [-0.2, -0.15) is 9.97 Å². The Hall–Kier alpha value is -3.89. The molecular weight excluding hydrogens is 609 g/mol. The fourth-order valence-corrected chi connectivity index (χ4v) is 6.89. The molecule has 3 aromatic carbocycles. The van der Waals surface area contributed by atoms with Crippen molar-refractivity contribution in [3.63, 3.8) is 0 Å². The number of hydrogen-bond acceptors (Lipinski definition) is 8. The number of piperazine rings is 1. The van der Waals surface area contributed by atoms with Crippen molar-refractivity contribution >= 4 is 45.2 Å². The lowest BCUT2D eigenvalue weighted by Crippen LogP contribution is -2.57. The van der Waals surface area contributed by atoms with E-state index in [4.69, 9.17) is 26.1 Å². The van der Waals surface area contributed by atoms with Crippen molar-refractivity contribution < 1.29 is 23.8 Å². The lowest BCUT2D eigenvalue weighted by molar-refractivity contribution is 0.0122. The second kappa shape index (κ2) is 12.7. The number of ether oxygens (including phenoxy) is 2. The van der Waals surface area contributed by atoms with Gasteiger partial charge in [0.05, 0.1) is 23.7 Å². The number of anilines is 1. The Morgan fingerprint density at radius 2 is 1.78 bits per heavy atom. The maximum Gasteiger partial charge on any atom is 0.410 e. The Kier molecular flexibility index (Phi) is 8.87. The van der Waals surface area contributed by atoms with E-state index in [1.807, 2.05) is 64.0 Å². The SMILES string of the molecule is CN(C)CCCCOc1nc(N2CC3CCC(C2)N3C(=O)OC(C)(C)C)c2cc(Cl)c(-c3cc(O)cc4ccccc34)c(F)c2n1. The molecule has 11 heteroatoms. The summed E-state index contributed by atoms with van der Waals surface area (Å²) in [5.74, 6) is -0.0930. The van der Waals surface area contributed by atoms with Gasteiger partial charge in [0.1, 0.15) is 22.7 Å². The Labute approximate surface area is 273 Å². The van der Waals surface area contributed by atoms with Crippen LogP contribution in [0.3, 0.4) is 0 Å². The summed E-state index contributed by atoms with van der Waals surface area (Å²) < 4.78 is 28.6. The van der Waals surface area contributed by atoms with E-state index in [2.05, 4.69) is 14.8 Å². The number of aromatic hydroxyl groups is 1. The highest BCUT2D eigenvalue weighted by Crippen LogP contribution is 2.43. The molecule has 1 aromatic heterocycles. The van der Waals surface area contributed by atoms with Crippen molar-refractivity contribution in [2.24, 2.45) is 0 Å². The quantitative estimate of drug-likeness (QED) is 0.200. The second-order valence-corrected chi connectivity index (χ2v) is 13.9. The van der Waals surface area contributed by atoms with Crippen LogP contribution in [0.2, 0.25) is 5.02 Å². The minimum atomic E-state index is -0.616. The molecule has 2 fully saturated rings. The van der Waals surface area contributed by atoms with Gasteiger partial charge in [0.15, 0.2) is 5.82 Å². The third kappa shape index (κ3) is 6.51. The number of benzene rings is 3. The number of aromatic nitrogens is 2. The van der Waals surface area contributed by atoms with E-state index in [0.29, 0.717) is 36.5 Å². The summed E-state index contributed by atoms with van der Waals surface area (Å²) >= 11 is 6.89. The first-order valence-corrected chi connectivity index (χ1v) is 16.2. The zero-order chi connectivity index (χ0) is 32.7. The predicted molar refractivity (Wildman–Crippen MR) is 179 cm³/mol. The largest absolute Gasteiger partial charge is 0.508 e. The molecule has 2 aliphatic rings. The molecule has 0 radical (unpaired) electrons. The van der Waals surface area contributed by atoms with E-state index in [0.717, 1.165) is 43.0 Å². The molecule has 0 spiro atoms. The van der Waals surface area contributed by atoms with Crippen LogP contribution in [0.1, 0.15) is 46.5 Å². The van der Waals surface area contributed by atoms with E-state index < -0.39 is 11.4 Å². The van der Waals surface area contributed by atoms with Gasteiger partial charge in [-0.15, -0.1) is 0 Å². The fourth-order valence-electron chi connectivity index (χ4n) is 6.60. The van der Waals surface area contributed by atoms with Crippen LogP contribution in [0.5, 0.6) is 11.8 Å². The number of phenolic OH excluding ortho intramolecular Hbond substituents is 1. The molecule has 2 saturated heterocycles. The van der Waals surface area contributed by atoms with Crippen molar-refractivity contribution in [3.8, 4) is 22.9 Å². The number of fused-ring (bicyclic) bond motifs is 4. The van der Waals surface area contributed by atoms with Crippen LogP contribution in [0.25, 0.3) is 32.8 Å².